The Labute approximate surface area is 114 Å². The van der Waals surface area contributed by atoms with Crippen molar-refractivity contribution in [1.29, 1.82) is 0 Å². The van der Waals surface area contributed by atoms with Crippen molar-refractivity contribution >= 4 is 17.5 Å². The monoisotopic (exact) mass is 256 g/mol. The molecule has 0 saturated carbocycles. The van der Waals surface area contributed by atoms with Crippen LogP contribution in [-0.4, -0.2) is 25.5 Å². The van der Waals surface area contributed by atoms with Gasteiger partial charge >= 0.3 is 0 Å². The van der Waals surface area contributed by atoms with E-state index < -0.39 is 0 Å². The number of oxime groups is 1. The Morgan fingerprint density at radius 1 is 1.26 bits per heavy atom. The average molecular weight is 256 g/mol. The molecule has 0 heterocycles. The highest BCUT2D eigenvalue weighted by molar-refractivity contribution is 5.93. The van der Waals surface area contributed by atoms with Gasteiger partial charge in [0.1, 0.15) is 0 Å². The van der Waals surface area contributed by atoms with Crippen molar-refractivity contribution in [3.05, 3.63) is 46.5 Å². The zero-order valence-electron chi connectivity index (χ0n) is 11.9. The molecule has 1 aliphatic rings. The SMILES string of the molecule is CC1=C(c2ccc(N(C)C)c(C)c2C=NO)CC=C1. The number of rotatable bonds is 3. The third kappa shape index (κ3) is 2.41. The molecule has 3 heteroatoms. The molecule has 0 radical (unpaired) electrons. The highest BCUT2D eigenvalue weighted by Gasteiger charge is 2.15. The largest absolute Gasteiger partial charge is 0.411 e. The van der Waals surface area contributed by atoms with Crippen LogP contribution in [0.2, 0.25) is 0 Å². The first-order valence-electron chi connectivity index (χ1n) is 6.41. The van der Waals surface area contributed by atoms with E-state index in [9.17, 15) is 0 Å². The Bertz CT molecular complexity index is 581. The minimum atomic E-state index is 0.943. The van der Waals surface area contributed by atoms with Gasteiger partial charge in [-0.05, 0) is 48.6 Å². The Hall–Kier alpha value is -2.03. The summed E-state index contributed by atoms with van der Waals surface area (Å²) in [6.45, 7) is 4.18. The van der Waals surface area contributed by atoms with Gasteiger partial charge in [-0.15, -0.1) is 0 Å². The lowest BCUT2D eigenvalue weighted by Gasteiger charge is -2.20. The second kappa shape index (κ2) is 5.31. The van der Waals surface area contributed by atoms with Crippen LogP contribution < -0.4 is 4.90 Å². The molecule has 0 aliphatic heterocycles. The fraction of sp³-hybridized carbons (Fsp3) is 0.312. The van der Waals surface area contributed by atoms with E-state index in [0.29, 0.717) is 0 Å². The molecule has 1 aromatic rings. The van der Waals surface area contributed by atoms with Gasteiger partial charge in [0.05, 0.1) is 6.21 Å². The van der Waals surface area contributed by atoms with Crippen LogP contribution in [0.25, 0.3) is 5.57 Å². The van der Waals surface area contributed by atoms with Crippen LogP contribution >= 0.6 is 0 Å². The summed E-state index contributed by atoms with van der Waals surface area (Å²) in [6.07, 6.45) is 6.79. The summed E-state index contributed by atoms with van der Waals surface area (Å²) >= 11 is 0. The summed E-state index contributed by atoms with van der Waals surface area (Å²) in [6, 6.07) is 4.24. The second-order valence-corrected chi connectivity index (χ2v) is 5.08. The van der Waals surface area contributed by atoms with Crippen LogP contribution in [-0.2, 0) is 0 Å². The Kier molecular flexibility index (Phi) is 3.74. The van der Waals surface area contributed by atoms with Crippen molar-refractivity contribution in [1.82, 2.24) is 0 Å². The molecule has 0 atom stereocenters. The molecule has 19 heavy (non-hydrogen) atoms. The summed E-state index contributed by atoms with van der Waals surface area (Å²) in [7, 11) is 4.03. The molecule has 100 valence electrons. The van der Waals surface area contributed by atoms with Crippen LogP contribution in [0.5, 0.6) is 0 Å². The van der Waals surface area contributed by atoms with Gasteiger partial charge in [-0.25, -0.2) is 0 Å². The first-order valence-corrected chi connectivity index (χ1v) is 6.41. The molecule has 0 saturated heterocycles. The quantitative estimate of drug-likeness (QED) is 0.509. The standard InChI is InChI=1S/C16H20N2O/c1-11-6-5-7-13(11)14-8-9-16(18(3)4)12(2)15(14)10-17-19/h5-6,8-10,19H,7H2,1-4H3. The van der Waals surface area contributed by atoms with Gasteiger partial charge in [0.25, 0.3) is 0 Å². The maximum atomic E-state index is 8.93. The van der Waals surface area contributed by atoms with E-state index in [1.165, 1.54) is 17.4 Å². The molecule has 3 nitrogen and oxygen atoms in total. The number of hydrogen-bond donors (Lipinski definition) is 1. The molecule has 0 spiro atoms. The third-order valence-electron chi connectivity index (χ3n) is 3.65. The van der Waals surface area contributed by atoms with E-state index >= 15 is 0 Å². The Morgan fingerprint density at radius 2 is 2.00 bits per heavy atom. The van der Waals surface area contributed by atoms with Crippen molar-refractivity contribution in [2.75, 3.05) is 19.0 Å². The number of nitrogens with zero attached hydrogens (tertiary/aromatic N) is 2. The first-order chi connectivity index (χ1) is 9.06. The zero-order valence-corrected chi connectivity index (χ0v) is 11.9. The van der Waals surface area contributed by atoms with Gasteiger partial charge in [-0.3, -0.25) is 0 Å². The Balaban J connectivity index is 2.63. The highest BCUT2D eigenvalue weighted by Crippen LogP contribution is 2.34. The maximum absolute atomic E-state index is 8.93. The molecule has 0 amide bonds. The minimum Gasteiger partial charge on any atom is -0.411 e. The van der Waals surface area contributed by atoms with Crippen LogP contribution in [0.1, 0.15) is 30.0 Å². The van der Waals surface area contributed by atoms with Crippen LogP contribution in [0.3, 0.4) is 0 Å². The molecule has 0 unspecified atom stereocenters. The van der Waals surface area contributed by atoms with Gasteiger partial charge in [0.2, 0.25) is 0 Å². The minimum absolute atomic E-state index is 0.943. The van der Waals surface area contributed by atoms with Gasteiger partial charge in [0, 0.05) is 25.3 Å². The molecular formula is C16H20N2O. The van der Waals surface area contributed by atoms with Crippen molar-refractivity contribution in [3.63, 3.8) is 0 Å². The lowest BCUT2D eigenvalue weighted by Crippen LogP contribution is -2.12. The summed E-state index contributed by atoms with van der Waals surface area (Å²) in [5, 5.41) is 12.2. The third-order valence-corrected chi connectivity index (χ3v) is 3.65. The number of anilines is 1. The summed E-state index contributed by atoms with van der Waals surface area (Å²) in [4.78, 5) is 2.07. The molecule has 0 bridgehead atoms. The van der Waals surface area contributed by atoms with Crippen LogP contribution in [0.15, 0.2) is 35.0 Å². The Morgan fingerprint density at radius 3 is 2.53 bits per heavy atom. The summed E-state index contributed by atoms with van der Waals surface area (Å²) in [5.74, 6) is 0. The van der Waals surface area contributed by atoms with E-state index in [1.54, 1.807) is 0 Å². The molecule has 1 aliphatic carbocycles. The molecule has 2 rings (SSSR count). The van der Waals surface area contributed by atoms with Gasteiger partial charge in [-0.2, -0.15) is 0 Å². The smallest absolute Gasteiger partial charge is 0.0743 e. The average Bonchev–Trinajstić information content (AvgIpc) is 2.77. The molecule has 1 aromatic carbocycles. The fourth-order valence-corrected chi connectivity index (χ4v) is 2.63. The van der Waals surface area contributed by atoms with Crippen molar-refractivity contribution in [3.8, 4) is 0 Å². The van der Waals surface area contributed by atoms with Crippen molar-refractivity contribution in [2.24, 2.45) is 5.16 Å². The van der Waals surface area contributed by atoms with Crippen LogP contribution in [0.4, 0.5) is 5.69 Å². The van der Waals surface area contributed by atoms with Gasteiger partial charge in [0.15, 0.2) is 0 Å². The number of benzene rings is 1. The van der Waals surface area contributed by atoms with E-state index in [4.69, 9.17) is 5.21 Å². The van der Waals surface area contributed by atoms with Crippen LogP contribution in [0, 0.1) is 6.92 Å². The topological polar surface area (TPSA) is 35.8 Å². The van der Waals surface area contributed by atoms with Gasteiger partial charge in [-0.1, -0.05) is 23.4 Å². The van der Waals surface area contributed by atoms with E-state index in [1.807, 2.05) is 14.1 Å². The molecule has 0 aromatic heterocycles. The predicted molar refractivity (Wildman–Crippen MR) is 81.2 cm³/mol. The lowest BCUT2D eigenvalue weighted by molar-refractivity contribution is 0.322. The second-order valence-electron chi connectivity index (χ2n) is 5.08. The maximum Gasteiger partial charge on any atom is 0.0743 e. The predicted octanol–water partition coefficient (Wildman–Crippen LogP) is 3.60. The fourth-order valence-electron chi connectivity index (χ4n) is 2.63. The van der Waals surface area contributed by atoms with E-state index in [-0.39, 0.29) is 0 Å². The summed E-state index contributed by atoms with van der Waals surface area (Å²) in [5.41, 5.74) is 7.01. The molecule has 0 fully saturated rings. The van der Waals surface area contributed by atoms with E-state index in [2.05, 4.69) is 48.2 Å². The van der Waals surface area contributed by atoms with Crippen molar-refractivity contribution in [2.45, 2.75) is 20.3 Å². The summed E-state index contributed by atoms with van der Waals surface area (Å²) < 4.78 is 0. The van der Waals surface area contributed by atoms with Gasteiger partial charge < -0.3 is 10.1 Å². The molecule has 1 N–H and O–H groups in total. The zero-order chi connectivity index (χ0) is 14.0. The highest BCUT2D eigenvalue weighted by atomic mass is 16.4. The number of hydrogen-bond acceptors (Lipinski definition) is 3. The van der Waals surface area contributed by atoms with E-state index in [0.717, 1.165) is 28.8 Å². The number of allylic oxidation sites excluding steroid dienone is 4. The normalized spacial score (nSPS) is 14.7. The first kappa shape index (κ1) is 13.4. The lowest BCUT2D eigenvalue weighted by atomic mass is 9.93. The van der Waals surface area contributed by atoms with Crippen molar-refractivity contribution < 1.29 is 5.21 Å². The molecular weight excluding hydrogens is 236 g/mol.